The molecule has 3 unspecified atom stereocenters. The first kappa shape index (κ1) is 29.6. The van der Waals surface area contributed by atoms with Crippen molar-refractivity contribution in [2.24, 2.45) is 5.73 Å². The largest absolute Gasteiger partial charge is 0.379 e. The highest BCUT2D eigenvalue weighted by Gasteiger charge is 2.42. The molecule has 0 aromatic rings. The molecule has 12 heteroatoms. The van der Waals surface area contributed by atoms with Crippen LogP contribution in [0.3, 0.4) is 0 Å². The summed E-state index contributed by atoms with van der Waals surface area (Å²) in [5.41, 5.74) is 5.38. The van der Waals surface area contributed by atoms with E-state index < -0.39 is 0 Å². The number of ether oxygens (including phenoxy) is 3. The first-order chi connectivity index (χ1) is 17.0. The topological polar surface area (TPSA) is 144 Å². The number of nitrogens with zero attached hydrogens (tertiary/aromatic N) is 1. The summed E-state index contributed by atoms with van der Waals surface area (Å²) in [6, 6.07) is 0.353. The van der Waals surface area contributed by atoms with E-state index >= 15 is 0 Å². The number of hydrogen-bond acceptors (Lipinski definition) is 8. The predicted octanol–water partition coefficient (Wildman–Crippen LogP) is 0.0755. The number of fused-ring (bicyclic) bond motifs is 1. The van der Waals surface area contributed by atoms with Crippen LogP contribution < -0.4 is 21.7 Å². The van der Waals surface area contributed by atoms with Crippen molar-refractivity contribution in [2.75, 3.05) is 72.1 Å². The highest BCUT2D eigenvalue weighted by atomic mass is 32.2. The van der Waals surface area contributed by atoms with Crippen LogP contribution >= 0.6 is 11.8 Å². The van der Waals surface area contributed by atoms with Gasteiger partial charge in [0.1, 0.15) is 0 Å². The summed E-state index contributed by atoms with van der Waals surface area (Å²) in [5.74, 6) is 0.745. The second-order valence-corrected chi connectivity index (χ2v) is 10.1. The maximum atomic E-state index is 12.3. The van der Waals surface area contributed by atoms with Gasteiger partial charge in [-0.25, -0.2) is 4.79 Å². The van der Waals surface area contributed by atoms with Crippen LogP contribution in [0.5, 0.6) is 0 Å². The third-order valence-electron chi connectivity index (χ3n) is 5.90. The van der Waals surface area contributed by atoms with Crippen LogP contribution in [-0.2, 0) is 23.8 Å². The number of carbonyl (C=O) groups is 3. The summed E-state index contributed by atoms with van der Waals surface area (Å²) >= 11 is 1.88. The first-order valence-electron chi connectivity index (χ1n) is 12.6. The Morgan fingerprint density at radius 2 is 1.71 bits per heavy atom. The van der Waals surface area contributed by atoms with Crippen LogP contribution in [0, 0.1) is 0 Å². The lowest BCUT2D eigenvalue weighted by Crippen LogP contribution is -2.38. The smallest absolute Gasteiger partial charge is 0.315 e. The average Bonchev–Trinajstić information content (AvgIpc) is 3.38. The summed E-state index contributed by atoms with van der Waals surface area (Å²) in [7, 11) is 1.66. The maximum absolute atomic E-state index is 12.3. The Hall–Kier alpha value is -1.60. The fraction of sp³-hybridized carbons (Fsp3) is 0.870. The average molecular weight is 518 g/mol. The maximum Gasteiger partial charge on any atom is 0.315 e. The number of hydrogen-bond donors (Lipinski definition) is 4. The third kappa shape index (κ3) is 12.3. The van der Waals surface area contributed by atoms with Gasteiger partial charge in [-0.2, -0.15) is 11.8 Å². The lowest BCUT2D eigenvalue weighted by molar-refractivity contribution is -0.134. The van der Waals surface area contributed by atoms with Crippen LogP contribution in [0.2, 0.25) is 0 Å². The van der Waals surface area contributed by atoms with E-state index in [0.29, 0.717) is 70.8 Å². The van der Waals surface area contributed by atoms with Gasteiger partial charge in [0.2, 0.25) is 11.8 Å². The number of carbonyl (C=O) groups excluding carboxylic acids is 3. The molecule has 202 valence electrons. The standard InChI is InChI=1S/C23H43N5O6S/c1-28(21(30)7-3-2-6-19-22-18(17-35-19)26-23(31)27-22)16-20(29)25-9-5-11-33-13-15-34-14-12-32-10-4-8-24/h18-19,22H,2-17,24H2,1H3,(H,25,29)(H2,26,27,31). The van der Waals surface area contributed by atoms with Crippen molar-refractivity contribution >= 4 is 29.6 Å². The fourth-order valence-corrected chi connectivity index (χ4v) is 5.49. The quantitative estimate of drug-likeness (QED) is 0.131. The van der Waals surface area contributed by atoms with Gasteiger partial charge in [-0.05, 0) is 32.2 Å². The van der Waals surface area contributed by atoms with Crippen molar-refractivity contribution in [1.29, 1.82) is 0 Å². The van der Waals surface area contributed by atoms with E-state index in [-0.39, 0.29) is 36.5 Å². The molecule has 35 heavy (non-hydrogen) atoms. The van der Waals surface area contributed by atoms with Crippen molar-refractivity contribution in [3.05, 3.63) is 0 Å². The molecule has 0 spiro atoms. The molecule has 4 amide bonds. The van der Waals surface area contributed by atoms with Crippen LogP contribution in [0.15, 0.2) is 0 Å². The minimum Gasteiger partial charge on any atom is -0.379 e. The van der Waals surface area contributed by atoms with Crippen LogP contribution in [0.1, 0.15) is 38.5 Å². The van der Waals surface area contributed by atoms with Gasteiger partial charge in [0, 0.05) is 44.2 Å². The summed E-state index contributed by atoms with van der Waals surface area (Å²) in [6.45, 7) is 4.49. The molecule has 5 N–H and O–H groups in total. The van der Waals surface area contributed by atoms with E-state index in [0.717, 1.165) is 31.4 Å². The van der Waals surface area contributed by atoms with Crippen LogP contribution in [-0.4, -0.2) is 112 Å². The molecule has 0 bridgehead atoms. The number of rotatable bonds is 20. The molecular formula is C23H43N5O6S. The van der Waals surface area contributed by atoms with Gasteiger partial charge in [0.25, 0.3) is 0 Å². The van der Waals surface area contributed by atoms with E-state index in [1.165, 1.54) is 4.90 Å². The lowest BCUT2D eigenvalue weighted by Gasteiger charge is -2.18. The Labute approximate surface area is 212 Å². The predicted molar refractivity (Wildman–Crippen MR) is 135 cm³/mol. The van der Waals surface area contributed by atoms with Gasteiger partial charge in [-0.15, -0.1) is 0 Å². The Morgan fingerprint density at radius 1 is 1.03 bits per heavy atom. The molecule has 2 rings (SSSR count). The van der Waals surface area contributed by atoms with Gasteiger partial charge in [0.15, 0.2) is 0 Å². The molecule has 0 saturated carbocycles. The van der Waals surface area contributed by atoms with Gasteiger partial charge in [-0.3, -0.25) is 9.59 Å². The van der Waals surface area contributed by atoms with Crippen molar-refractivity contribution in [3.63, 3.8) is 0 Å². The molecule has 2 saturated heterocycles. The van der Waals surface area contributed by atoms with Crippen LogP contribution in [0.4, 0.5) is 4.79 Å². The molecule has 0 aromatic carbocycles. The van der Waals surface area contributed by atoms with E-state index in [1.54, 1.807) is 7.05 Å². The zero-order chi connectivity index (χ0) is 25.3. The number of unbranched alkanes of at least 4 members (excludes halogenated alkanes) is 1. The monoisotopic (exact) mass is 517 g/mol. The SMILES string of the molecule is CN(CC(=O)NCCCOCCOCCOCCCN)C(=O)CCCCC1SCC2NC(=O)NC21. The number of nitrogens with one attached hydrogen (secondary N) is 3. The second kappa shape index (κ2) is 17.8. The lowest BCUT2D eigenvalue weighted by atomic mass is 10.0. The molecule has 3 atom stereocenters. The highest BCUT2D eigenvalue weighted by Crippen LogP contribution is 2.33. The number of urea groups is 1. The minimum absolute atomic E-state index is 0.0268. The highest BCUT2D eigenvalue weighted by molar-refractivity contribution is 8.00. The molecule has 2 fully saturated rings. The van der Waals surface area contributed by atoms with Crippen molar-refractivity contribution in [3.8, 4) is 0 Å². The number of thioether (sulfide) groups is 1. The second-order valence-electron chi connectivity index (χ2n) is 8.80. The summed E-state index contributed by atoms with van der Waals surface area (Å²) in [6.07, 6.45) is 4.66. The Kier molecular flexibility index (Phi) is 15.0. The zero-order valence-electron chi connectivity index (χ0n) is 20.9. The Bertz CT molecular complexity index is 644. The Morgan fingerprint density at radius 3 is 2.43 bits per heavy atom. The van der Waals surface area contributed by atoms with E-state index in [4.69, 9.17) is 19.9 Å². The van der Waals surface area contributed by atoms with E-state index in [9.17, 15) is 14.4 Å². The van der Waals surface area contributed by atoms with Gasteiger partial charge >= 0.3 is 6.03 Å². The molecule has 2 aliphatic rings. The molecule has 0 aliphatic carbocycles. The van der Waals surface area contributed by atoms with Crippen molar-refractivity contribution < 1.29 is 28.6 Å². The van der Waals surface area contributed by atoms with Gasteiger partial charge < -0.3 is 40.8 Å². The molecule has 2 heterocycles. The number of likely N-dealkylation sites (N-methyl/N-ethyl adjacent to an activating group) is 1. The Balaban J connectivity index is 1.38. The number of nitrogens with two attached hydrogens (primary N) is 1. The minimum atomic E-state index is -0.170. The summed E-state index contributed by atoms with van der Waals surface area (Å²) in [5, 5.41) is 9.15. The third-order valence-corrected chi connectivity index (χ3v) is 7.41. The zero-order valence-corrected chi connectivity index (χ0v) is 21.7. The normalized spacial score (nSPS) is 20.9. The van der Waals surface area contributed by atoms with E-state index in [1.807, 2.05) is 11.8 Å². The molecule has 0 radical (unpaired) electrons. The molecule has 11 nitrogen and oxygen atoms in total. The molecule has 0 aromatic heterocycles. The summed E-state index contributed by atoms with van der Waals surface area (Å²) < 4.78 is 16.2. The van der Waals surface area contributed by atoms with Crippen molar-refractivity contribution in [2.45, 2.75) is 55.9 Å². The van der Waals surface area contributed by atoms with Gasteiger partial charge in [-0.1, -0.05) is 6.42 Å². The van der Waals surface area contributed by atoms with Crippen molar-refractivity contribution in [1.82, 2.24) is 20.9 Å². The molecular weight excluding hydrogens is 474 g/mol. The fourth-order valence-electron chi connectivity index (χ4n) is 3.94. The van der Waals surface area contributed by atoms with Gasteiger partial charge in [0.05, 0.1) is 45.1 Å². The summed E-state index contributed by atoms with van der Waals surface area (Å²) in [4.78, 5) is 37.3. The van der Waals surface area contributed by atoms with E-state index in [2.05, 4.69) is 16.0 Å². The number of amides is 4. The van der Waals surface area contributed by atoms with Crippen LogP contribution in [0.25, 0.3) is 0 Å². The molecule has 2 aliphatic heterocycles. The first-order valence-corrected chi connectivity index (χ1v) is 13.7.